The Kier molecular flexibility index (Phi) is 7.06. The van der Waals surface area contributed by atoms with Crippen LogP contribution in [0.25, 0.3) is 0 Å². The summed E-state index contributed by atoms with van der Waals surface area (Å²) in [5, 5.41) is 11.7. The van der Waals surface area contributed by atoms with E-state index >= 15 is 0 Å². The van der Waals surface area contributed by atoms with Crippen molar-refractivity contribution < 1.29 is 33.6 Å². The highest BCUT2D eigenvalue weighted by Crippen LogP contribution is 2.58. The minimum absolute atomic E-state index is 0.295. The van der Waals surface area contributed by atoms with E-state index in [4.69, 9.17) is 23.7 Å². The fourth-order valence-electron chi connectivity index (χ4n) is 6.46. The summed E-state index contributed by atoms with van der Waals surface area (Å²) in [6, 6.07) is 0. The quantitative estimate of drug-likeness (QED) is 0.626. The van der Waals surface area contributed by atoms with Gasteiger partial charge in [-0.2, -0.15) is 0 Å². The zero-order valence-electron chi connectivity index (χ0n) is 22.1. The minimum Gasteiger partial charge on any atom is -0.444 e. The van der Waals surface area contributed by atoms with Gasteiger partial charge in [-0.25, -0.2) is 4.79 Å². The first-order valence-corrected chi connectivity index (χ1v) is 13.0. The summed E-state index contributed by atoms with van der Waals surface area (Å²) in [4.78, 5) is 15.2. The maximum Gasteiger partial charge on any atom is 0.410 e. The molecule has 0 aromatic rings. The first-order valence-electron chi connectivity index (χ1n) is 13.0. The van der Waals surface area contributed by atoms with E-state index in [1.165, 1.54) is 19.3 Å². The molecule has 1 N–H and O–H groups in total. The van der Waals surface area contributed by atoms with Gasteiger partial charge in [-0.05, 0) is 59.8 Å². The maximum atomic E-state index is 13.4. The monoisotopic (exact) mass is 483 g/mol. The molecule has 4 aliphatic rings. The molecule has 0 aromatic heterocycles. The molecular weight excluding hydrogens is 438 g/mol. The van der Waals surface area contributed by atoms with Crippen LogP contribution < -0.4 is 0 Å². The normalized spacial score (nSPS) is 38.9. The number of hydrogen-bond acceptors (Lipinski definition) is 7. The highest BCUT2D eigenvalue weighted by atomic mass is 16.8. The SMILES string of the molecule is COC1(C)O[C@H]2C(CN(C(=O)OC(C)(C)C)C3(CC3)[C@@H]2C(O)CC2CCCCC2)O[C@]1(C)OC. The molecule has 8 nitrogen and oxygen atoms in total. The van der Waals surface area contributed by atoms with Crippen molar-refractivity contribution in [1.29, 1.82) is 0 Å². The first-order chi connectivity index (χ1) is 15.9. The van der Waals surface area contributed by atoms with Crippen LogP contribution in [-0.2, 0) is 23.7 Å². The van der Waals surface area contributed by atoms with E-state index in [1.54, 1.807) is 21.1 Å². The minimum atomic E-state index is -1.17. The van der Waals surface area contributed by atoms with Crippen LogP contribution in [0.15, 0.2) is 0 Å². The van der Waals surface area contributed by atoms with Gasteiger partial charge in [0.1, 0.15) is 11.7 Å². The van der Waals surface area contributed by atoms with Crippen molar-refractivity contribution in [2.24, 2.45) is 11.8 Å². The zero-order chi connectivity index (χ0) is 24.9. The van der Waals surface area contributed by atoms with Crippen LogP contribution in [-0.4, -0.2) is 77.9 Å². The Morgan fingerprint density at radius 1 is 1.06 bits per heavy atom. The topological polar surface area (TPSA) is 86.7 Å². The van der Waals surface area contributed by atoms with E-state index in [9.17, 15) is 9.90 Å². The lowest BCUT2D eigenvalue weighted by Gasteiger charge is -2.59. The summed E-state index contributed by atoms with van der Waals surface area (Å²) in [6.07, 6.45) is 6.49. The second kappa shape index (κ2) is 9.18. The third kappa shape index (κ3) is 4.61. The Bertz CT molecular complexity index is 744. The molecule has 196 valence electrons. The van der Waals surface area contributed by atoms with Crippen LogP contribution in [0.1, 0.15) is 86.0 Å². The lowest BCUT2D eigenvalue weighted by Crippen LogP contribution is -2.74. The number of likely N-dealkylation sites (tertiary alicyclic amines) is 1. The second-order valence-corrected chi connectivity index (χ2v) is 12.1. The Hall–Kier alpha value is -0.930. The number of rotatable bonds is 5. The van der Waals surface area contributed by atoms with Crippen molar-refractivity contribution in [1.82, 2.24) is 4.90 Å². The molecule has 0 aromatic carbocycles. The van der Waals surface area contributed by atoms with Gasteiger partial charge in [0.05, 0.1) is 24.3 Å². The van der Waals surface area contributed by atoms with Crippen molar-refractivity contribution in [2.75, 3.05) is 20.8 Å². The number of amides is 1. The van der Waals surface area contributed by atoms with Gasteiger partial charge in [0.2, 0.25) is 11.6 Å². The van der Waals surface area contributed by atoms with Gasteiger partial charge in [-0.1, -0.05) is 32.1 Å². The third-order valence-corrected chi connectivity index (χ3v) is 8.67. The smallest absolute Gasteiger partial charge is 0.410 e. The number of fused-ring (bicyclic) bond motifs is 1. The van der Waals surface area contributed by atoms with Crippen LogP contribution in [0, 0.1) is 11.8 Å². The number of piperidine rings is 1. The number of hydrogen-bond donors (Lipinski definition) is 1. The summed E-state index contributed by atoms with van der Waals surface area (Å²) in [7, 11) is 3.14. The molecule has 1 amide bonds. The molecule has 4 fully saturated rings. The molecule has 8 heteroatoms. The number of aliphatic hydroxyl groups excluding tert-OH is 1. The number of ether oxygens (including phenoxy) is 5. The summed E-state index contributed by atoms with van der Waals surface area (Å²) >= 11 is 0. The molecule has 2 heterocycles. The van der Waals surface area contributed by atoms with Crippen molar-refractivity contribution in [3.63, 3.8) is 0 Å². The molecule has 1 spiro atoms. The molecule has 2 aliphatic carbocycles. The molecule has 2 saturated heterocycles. The van der Waals surface area contributed by atoms with Gasteiger partial charge < -0.3 is 28.8 Å². The molecule has 0 bridgehead atoms. The predicted molar refractivity (Wildman–Crippen MR) is 126 cm³/mol. The van der Waals surface area contributed by atoms with Crippen molar-refractivity contribution >= 4 is 6.09 Å². The summed E-state index contributed by atoms with van der Waals surface area (Å²) in [5.41, 5.74) is -1.10. The maximum absolute atomic E-state index is 13.4. The van der Waals surface area contributed by atoms with Gasteiger partial charge in [0.15, 0.2) is 0 Å². The number of nitrogens with zero attached hydrogens (tertiary/aromatic N) is 1. The first kappa shape index (κ1) is 26.1. The van der Waals surface area contributed by atoms with Crippen molar-refractivity contribution in [3.05, 3.63) is 0 Å². The van der Waals surface area contributed by atoms with E-state index < -0.39 is 41.0 Å². The van der Waals surface area contributed by atoms with Crippen LogP contribution in [0.5, 0.6) is 0 Å². The number of aliphatic hydroxyl groups is 1. The summed E-state index contributed by atoms with van der Waals surface area (Å²) in [5.74, 6) is -2.13. The van der Waals surface area contributed by atoms with E-state index in [-0.39, 0.29) is 12.0 Å². The fourth-order valence-corrected chi connectivity index (χ4v) is 6.46. The van der Waals surface area contributed by atoms with Crippen molar-refractivity contribution in [2.45, 2.75) is 127 Å². The lowest BCUT2D eigenvalue weighted by atomic mass is 9.74. The molecule has 0 radical (unpaired) electrons. The Morgan fingerprint density at radius 3 is 2.18 bits per heavy atom. The molecule has 6 atom stereocenters. The fraction of sp³-hybridized carbons (Fsp3) is 0.962. The standard InChI is InChI=1S/C26H45NO7/c1-23(2,3)34-22(29)27-16-19-21(33-25(5,31-7)24(4,30-6)32-19)20(26(27)13-14-26)18(28)15-17-11-9-8-10-12-17/h17-21,28H,8-16H2,1-7H3/t18?,19?,20-,21+,24+,25?/m1/s1. The molecule has 34 heavy (non-hydrogen) atoms. The van der Waals surface area contributed by atoms with E-state index in [0.717, 1.165) is 25.7 Å². The van der Waals surface area contributed by atoms with Gasteiger partial charge in [0, 0.05) is 20.1 Å². The van der Waals surface area contributed by atoms with Crippen LogP contribution in [0.4, 0.5) is 4.79 Å². The van der Waals surface area contributed by atoms with Crippen LogP contribution in [0.3, 0.4) is 0 Å². The van der Waals surface area contributed by atoms with Gasteiger partial charge in [-0.3, -0.25) is 4.90 Å². The molecule has 4 rings (SSSR count). The highest BCUT2D eigenvalue weighted by Gasteiger charge is 2.69. The van der Waals surface area contributed by atoms with Gasteiger partial charge in [-0.15, -0.1) is 0 Å². The van der Waals surface area contributed by atoms with Crippen LogP contribution in [0.2, 0.25) is 0 Å². The van der Waals surface area contributed by atoms with Crippen LogP contribution >= 0.6 is 0 Å². The van der Waals surface area contributed by atoms with Crippen molar-refractivity contribution in [3.8, 4) is 0 Å². The number of carbonyl (C=O) groups excluding carboxylic acids is 1. The highest BCUT2D eigenvalue weighted by molar-refractivity contribution is 5.70. The van der Waals surface area contributed by atoms with E-state index in [2.05, 4.69) is 0 Å². The molecule has 3 unspecified atom stereocenters. The number of methoxy groups -OCH3 is 2. The number of carbonyl (C=O) groups is 1. The third-order valence-electron chi connectivity index (χ3n) is 8.67. The molecule has 2 aliphatic heterocycles. The second-order valence-electron chi connectivity index (χ2n) is 12.1. The predicted octanol–water partition coefficient (Wildman–Crippen LogP) is 4.23. The Labute approximate surface area is 204 Å². The van der Waals surface area contributed by atoms with Gasteiger partial charge >= 0.3 is 6.09 Å². The Morgan fingerprint density at radius 2 is 1.65 bits per heavy atom. The lowest BCUT2D eigenvalue weighted by molar-refractivity contribution is -0.460. The molecule has 2 saturated carbocycles. The van der Waals surface area contributed by atoms with Gasteiger partial charge in [0.25, 0.3) is 0 Å². The molecular formula is C26H45NO7. The Balaban J connectivity index is 1.67. The average Bonchev–Trinajstić information content (AvgIpc) is 3.54. The largest absolute Gasteiger partial charge is 0.444 e. The van der Waals surface area contributed by atoms with E-state index in [0.29, 0.717) is 18.9 Å². The zero-order valence-corrected chi connectivity index (χ0v) is 22.1. The summed E-state index contributed by atoms with van der Waals surface area (Å²) < 4.78 is 30.5. The summed E-state index contributed by atoms with van der Waals surface area (Å²) in [6.45, 7) is 9.55. The average molecular weight is 484 g/mol. The van der Waals surface area contributed by atoms with E-state index in [1.807, 2.05) is 32.6 Å².